The van der Waals surface area contributed by atoms with E-state index in [1.54, 1.807) is 18.2 Å². The van der Waals surface area contributed by atoms with Crippen molar-refractivity contribution in [1.82, 2.24) is 0 Å². The molecule has 2 aromatic rings. The second kappa shape index (κ2) is 8.69. The number of aliphatic hydroxyl groups excluding tert-OH is 3. The summed E-state index contributed by atoms with van der Waals surface area (Å²) in [6.07, 6.45) is -3.46. The second-order valence-corrected chi connectivity index (χ2v) is 7.22. The number of rotatable bonds is 6. The molecule has 4 N–H and O–H groups in total. The zero-order chi connectivity index (χ0) is 20.3. The van der Waals surface area contributed by atoms with E-state index in [4.69, 9.17) is 9.47 Å². The number of aryl methyl sites for hydroxylation is 1. The van der Waals surface area contributed by atoms with Crippen molar-refractivity contribution in [3.63, 3.8) is 0 Å². The SMILES string of the molecule is CCc1ccc(Cc2cccc(C3(O)O[C@H](CO)[C@@H](O)[C@H](O)[C@H]3OC)c2)cc1. The first-order chi connectivity index (χ1) is 13.4. The van der Waals surface area contributed by atoms with Gasteiger partial charge in [-0.05, 0) is 35.6 Å². The quantitative estimate of drug-likeness (QED) is 0.592. The van der Waals surface area contributed by atoms with Crippen molar-refractivity contribution in [2.24, 2.45) is 0 Å². The Morgan fingerprint density at radius 2 is 1.68 bits per heavy atom. The summed E-state index contributed by atoms with van der Waals surface area (Å²) in [7, 11) is 1.33. The molecule has 6 heteroatoms. The molecule has 28 heavy (non-hydrogen) atoms. The molecule has 0 aromatic heterocycles. The van der Waals surface area contributed by atoms with Crippen LogP contribution in [0.25, 0.3) is 0 Å². The lowest BCUT2D eigenvalue weighted by Crippen LogP contribution is -2.64. The number of ether oxygens (including phenoxy) is 2. The Labute approximate surface area is 165 Å². The summed E-state index contributed by atoms with van der Waals surface area (Å²) in [6.45, 7) is 1.57. The normalized spacial score (nSPS) is 30.4. The summed E-state index contributed by atoms with van der Waals surface area (Å²) in [5.74, 6) is -2.00. The molecule has 0 amide bonds. The molecule has 0 aliphatic carbocycles. The van der Waals surface area contributed by atoms with Crippen LogP contribution in [0.15, 0.2) is 48.5 Å². The zero-order valence-corrected chi connectivity index (χ0v) is 16.2. The third-order valence-electron chi connectivity index (χ3n) is 5.37. The summed E-state index contributed by atoms with van der Waals surface area (Å²) in [6, 6.07) is 15.6. The highest BCUT2D eigenvalue weighted by molar-refractivity contribution is 5.33. The van der Waals surface area contributed by atoms with Gasteiger partial charge in [-0.1, -0.05) is 49.4 Å². The number of methoxy groups -OCH3 is 1. The first-order valence-corrected chi connectivity index (χ1v) is 9.50. The minimum absolute atomic E-state index is 0.395. The first kappa shape index (κ1) is 20.9. The summed E-state index contributed by atoms with van der Waals surface area (Å²) < 4.78 is 10.9. The standard InChI is InChI=1S/C22H28O6/c1-3-14-7-9-15(10-8-14)11-16-5-4-6-17(12-16)22(26)21(27-2)20(25)19(24)18(13-23)28-22/h4-10,12,18-21,23-26H,3,11,13H2,1-2H3/t18-,19-,20+,21-,22?/m1/s1. The van der Waals surface area contributed by atoms with Crippen LogP contribution >= 0.6 is 0 Å². The van der Waals surface area contributed by atoms with Gasteiger partial charge in [0.15, 0.2) is 0 Å². The number of hydrogen-bond donors (Lipinski definition) is 4. The third-order valence-corrected chi connectivity index (χ3v) is 5.37. The van der Waals surface area contributed by atoms with E-state index in [0.29, 0.717) is 12.0 Å². The van der Waals surface area contributed by atoms with Gasteiger partial charge in [0.05, 0.1) is 6.61 Å². The number of benzene rings is 2. The Kier molecular flexibility index (Phi) is 6.50. The fourth-order valence-corrected chi connectivity index (χ4v) is 3.71. The molecular weight excluding hydrogens is 360 g/mol. The highest BCUT2D eigenvalue weighted by atomic mass is 16.7. The third kappa shape index (κ3) is 3.98. The lowest BCUT2D eigenvalue weighted by molar-refractivity contribution is -0.361. The maximum Gasteiger partial charge on any atom is 0.222 e. The van der Waals surface area contributed by atoms with Gasteiger partial charge in [-0.25, -0.2) is 0 Å². The van der Waals surface area contributed by atoms with Crippen LogP contribution in [0.2, 0.25) is 0 Å². The van der Waals surface area contributed by atoms with Crippen molar-refractivity contribution in [3.8, 4) is 0 Å². The predicted molar refractivity (Wildman–Crippen MR) is 104 cm³/mol. The second-order valence-electron chi connectivity index (χ2n) is 7.22. The Bertz CT molecular complexity index is 777. The van der Waals surface area contributed by atoms with Crippen molar-refractivity contribution >= 4 is 0 Å². The molecule has 3 rings (SSSR count). The van der Waals surface area contributed by atoms with Gasteiger partial charge in [-0.2, -0.15) is 0 Å². The van der Waals surface area contributed by atoms with Crippen molar-refractivity contribution in [1.29, 1.82) is 0 Å². The average Bonchev–Trinajstić information content (AvgIpc) is 2.72. The van der Waals surface area contributed by atoms with Crippen LogP contribution in [0.3, 0.4) is 0 Å². The van der Waals surface area contributed by atoms with Crippen LogP contribution < -0.4 is 0 Å². The summed E-state index contributed by atoms with van der Waals surface area (Å²) in [5.41, 5.74) is 3.76. The number of hydrogen-bond acceptors (Lipinski definition) is 6. The molecule has 5 atom stereocenters. The first-order valence-electron chi connectivity index (χ1n) is 9.50. The van der Waals surface area contributed by atoms with Crippen molar-refractivity contribution in [3.05, 3.63) is 70.8 Å². The summed E-state index contributed by atoms with van der Waals surface area (Å²) >= 11 is 0. The summed E-state index contributed by atoms with van der Waals surface area (Å²) in [4.78, 5) is 0. The summed E-state index contributed by atoms with van der Waals surface area (Å²) in [5, 5.41) is 41.1. The van der Waals surface area contributed by atoms with Gasteiger partial charge in [-0.15, -0.1) is 0 Å². The molecule has 1 fully saturated rings. The van der Waals surface area contributed by atoms with Crippen LogP contribution in [-0.2, 0) is 28.1 Å². The molecule has 1 aliphatic heterocycles. The van der Waals surface area contributed by atoms with Crippen LogP contribution in [0.5, 0.6) is 0 Å². The van der Waals surface area contributed by atoms with Crippen LogP contribution in [-0.4, -0.2) is 58.6 Å². The maximum atomic E-state index is 11.2. The van der Waals surface area contributed by atoms with E-state index >= 15 is 0 Å². The van der Waals surface area contributed by atoms with Gasteiger partial charge in [0, 0.05) is 12.7 Å². The van der Waals surface area contributed by atoms with Gasteiger partial charge in [0.25, 0.3) is 0 Å². The van der Waals surface area contributed by atoms with E-state index < -0.39 is 36.8 Å². The largest absolute Gasteiger partial charge is 0.394 e. The van der Waals surface area contributed by atoms with Crippen LogP contribution in [0, 0.1) is 0 Å². The van der Waals surface area contributed by atoms with Crippen molar-refractivity contribution < 1.29 is 29.9 Å². The van der Waals surface area contributed by atoms with Crippen LogP contribution in [0.4, 0.5) is 0 Å². The molecule has 2 aromatic carbocycles. The fraction of sp³-hybridized carbons (Fsp3) is 0.455. The lowest BCUT2D eigenvalue weighted by atomic mass is 9.87. The molecule has 1 heterocycles. The Morgan fingerprint density at radius 1 is 1.00 bits per heavy atom. The number of aliphatic hydroxyl groups is 4. The monoisotopic (exact) mass is 388 g/mol. The van der Waals surface area contributed by atoms with Crippen LogP contribution in [0.1, 0.15) is 29.2 Å². The van der Waals surface area contributed by atoms with Gasteiger partial charge >= 0.3 is 0 Å². The smallest absolute Gasteiger partial charge is 0.222 e. The fourth-order valence-electron chi connectivity index (χ4n) is 3.71. The van der Waals surface area contributed by atoms with Gasteiger partial charge in [0.2, 0.25) is 5.79 Å². The minimum Gasteiger partial charge on any atom is -0.394 e. The Hall–Kier alpha value is -1.80. The molecule has 1 aliphatic rings. The molecule has 1 unspecified atom stereocenters. The van der Waals surface area contributed by atoms with E-state index in [9.17, 15) is 20.4 Å². The van der Waals surface area contributed by atoms with E-state index in [1.807, 2.05) is 6.07 Å². The van der Waals surface area contributed by atoms with Gasteiger partial charge < -0.3 is 29.9 Å². The molecule has 0 radical (unpaired) electrons. The molecule has 1 saturated heterocycles. The van der Waals surface area contributed by atoms with Crippen molar-refractivity contribution in [2.45, 2.75) is 50.0 Å². The van der Waals surface area contributed by atoms with E-state index in [-0.39, 0.29) is 0 Å². The molecule has 152 valence electrons. The molecule has 0 spiro atoms. The molecular formula is C22H28O6. The molecule has 6 nitrogen and oxygen atoms in total. The topological polar surface area (TPSA) is 99.4 Å². The van der Waals surface area contributed by atoms with Crippen molar-refractivity contribution in [2.75, 3.05) is 13.7 Å². The zero-order valence-electron chi connectivity index (χ0n) is 16.2. The van der Waals surface area contributed by atoms with Gasteiger partial charge in [0.1, 0.15) is 24.4 Å². The lowest BCUT2D eigenvalue weighted by Gasteiger charge is -2.47. The molecule has 0 bridgehead atoms. The van der Waals surface area contributed by atoms with Gasteiger partial charge in [-0.3, -0.25) is 0 Å². The minimum atomic E-state index is -2.00. The Morgan fingerprint density at radius 3 is 2.29 bits per heavy atom. The maximum absolute atomic E-state index is 11.2. The predicted octanol–water partition coefficient (Wildman–Crippen LogP) is 1.11. The average molecular weight is 388 g/mol. The van der Waals surface area contributed by atoms with E-state index in [0.717, 1.165) is 17.5 Å². The van der Waals surface area contributed by atoms with E-state index in [1.165, 1.54) is 12.7 Å². The highest BCUT2D eigenvalue weighted by Gasteiger charge is 2.54. The Balaban J connectivity index is 1.90. The highest BCUT2D eigenvalue weighted by Crippen LogP contribution is 2.38. The van der Waals surface area contributed by atoms with E-state index in [2.05, 4.69) is 31.2 Å². The molecule has 0 saturated carbocycles.